The molecule has 32 heavy (non-hydrogen) atoms. The van der Waals surface area contributed by atoms with Crippen molar-refractivity contribution in [2.24, 2.45) is 0 Å². The van der Waals surface area contributed by atoms with E-state index >= 15 is 0 Å². The summed E-state index contributed by atoms with van der Waals surface area (Å²) in [6.45, 7) is 24.6. The molecular formula is C22H39ClN4O3Si2. The second-order valence-corrected chi connectivity index (χ2v) is 21.8. The summed E-state index contributed by atoms with van der Waals surface area (Å²) >= 11 is 6.26. The topological polar surface area (TPSA) is 71.3 Å². The monoisotopic (exact) mass is 498 g/mol. The molecule has 0 aliphatic carbocycles. The summed E-state index contributed by atoms with van der Waals surface area (Å²) in [5.74, 6) is 0. The zero-order valence-corrected chi connectivity index (χ0v) is 24.1. The Bertz CT molecular complexity index is 968. The first-order chi connectivity index (χ1) is 14.5. The maximum Gasteiger partial charge on any atom is 0.192 e. The van der Waals surface area contributed by atoms with Crippen LogP contribution < -0.4 is 0 Å². The lowest BCUT2D eigenvalue weighted by Gasteiger charge is -2.44. The van der Waals surface area contributed by atoms with Gasteiger partial charge in [-0.05, 0) is 43.2 Å². The summed E-state index contributed by atoms with van der Waals surface area (Å²) < 4.78 is 22.4. The van der Waals surface area contributed by atoms with Gasteiger partial charge in [-0.25, -0.2) is 15.0 Å². The summed E-state index contributed by atoms with van der Waals surface area (Å²) in [5, 5.41) is 0.457. The Morgan fingerprint density at radius 1 is 0.906 bits per heavy atom. The molecule has 0 spiro atoms. The van der Waals surface area contributed by atoms with Crippen molar-refractivity contribution < 1.29 is 13.6 Å². The quantitative estimate of drug-likeness (QED) is 0.362. The number of hydrogen-bond acceptors (Lipinski definition) is 6. The first-order valence-electron chi connectivity index (χ1n) is 11.3. The second-order valence-electron chi connectivity index (χ2n) is 11.9. The van der Waals surface area contributed by atoms with Gasteiger partial charge in [0.05, 0.1) is 12.4 Å². The van der Waals surface area contributed by atoms with Gasteiger partial charge in [-0.3, -0.25) is 4.57 Å². The molecular weight excluding hydrogens is 460 g/mol. The van der Waals surface area contributed by atoms with Crippen molar-refractivity contribution in [2.75, 3.05) is 0 Å². The lowest BCUT2D eigenvalue weighted by Crippen LogP contribution is -2.53. The van der Waals surface area contributed by atoms with E-state index in [2.05, 4.69) is 89.6 Å². The SMILES string of the molecule is C[C@H]1OC(n2cnc3c(Cl)ncnc32)[C@H](O[Si](C)(C)C(C)(C)C)[C@@H]1O[Si](C)(C)C(C)(C)C. The van der Waals surface area contributed by atoms with Gasteiger partial charge < -0.3 is 13.6 Å². The van der Waals surface area contributed by atoms with Crippen LogP contribution in [-0.4, -0.2) is 54.5 Å². The third-order valence-corrected chi connectivity index (χ3v) is 16.7. The lowest BCUT2D eigenvalue weighted by molar-refractivity contribution is -0.0260. The van der Waals surface area contributed by atoms with Gasteiger partial charge in [-0.2, -0.15) is 0 Å². The van der Waals surface area contributed by atoms with Crippen LogP contribution in [0.25, 0.3) is 11.2 Å². The Kier molecular flexibility index (Phi) is 6.79. The molecule has 3 rings (SSSR count). The molecule has 1 fully saturated rings. The average molecular weight is 499 g/mol. The Labute approximate surface area is 199 Å². The standard InChI is InChI=1S/C22H39ClN4O3Si2/c1-14-16(29-31(8,9)21(2,3)4)17(30-32(10,11)22(5,6)7)20(28-14)27-13-26-15-18(23)24-12-25-19(15)27/h12-14,16-17,20H,1-11H3/t14-,16-,17-,20?/m1/s1. The maximum absolute atomic E-state index is 7.01. The minimum atomic E-state index is -2.13. The second kappa shape index (κ2) is 8.43. The number of nitrogens with zero attached hydrogens (tertiary/aromatic N) is 4. The van der Waals surface area contributed by atoms with Gasteiger partial charge in [0.15, 0.2) is 33.7 Å². The highest BCUT2D eigenvalue weighted by Gasteiger charge is 2.53. The highest BCUT2D eigenvalue weighted by molar-refractivity contribution is 6.74. The van der Waals surface area contributed by atoms with Gasteiger partial charge in [-0.15, -0.1) is 0 Å². The van der Waals surface area contributed by atoms with Crippen molar-refractivity contribution in [3.63, 3.8) is 0 Å². The van der Waals surface area contributed by atoms with Gasteiger partial charge in [0.25, 0.3) is 0 Å². The molecule has 1 aliphatic heterocycles. The van der Waals surface area contributed by atoms with E-state index in [9.17, 15) is 0 Å². The molecule has 0 saturated carbocycles. The smallest absolute Gasteiger partial charge is 0.192 e. The van der Waals surface area contributed by atoms with E-state index in [4.69, 9.17) is 25.2 Å². The van der Waals surface area contributed by atoms with E-state index in [1.807, 2.05) is 4.57 Å². The fourth-order valence-corrected chi connectivity index (χ4v) is 6.18. The lowest BCUT2D eigenvalue weighted by atomic mass is 10.1. The van der Waals surface area contributed by atoms with E-state index in [1.165, 1.54) is 6.33 Å². The fraction of sp³-hybridized carbons (Fsp3) is 0.773. The molecule has 2 aromatic rings. The molecule has 1 unspecified atom stereocenters. The number of rotatable bonds is 5. The van der Waals surface area contributed by atoms with E-state index in [1.54, 1.807) is 6.33 Å². The maximum atomic E-state index is 7.01. The summed E-state index contributed by atoms with van der Waals surface area (Å²) in [6.07, 6.45) is 2.15. The van der Waals surface area contributed by atoms with Crippen molar-refractivity contribution in [2.45, 2.75) is 109 Å². The van der Waals surface area contributed by atoms with Crippen LogP contribution in [0.4, 0.5) is 0 Å². The van der Waals surface area contributed by atoms with E-state index in [0.717, 1.165) is 0 Å². The molecule has 7 nitrogen and oxygen atoms in total. The van der Waals surface area contributed by atoms with Crippen LogP contribution in [0, 0.1) is 0 Å². The highest BCUT2D eigenvalue weighted by atomic mass is 35.5. The first kappa shape index (κ1) is 25.8. The minimum absolute atomic E-state index is 0.0490. The molecule has 2 aromatic heterocycles. The van der Waals surface area contributed by atoms with Crippen LogP contribution in [0.5, 0.6) is 0 Å². The number of fused-ring (bicyclic) bond motifs is 1. The Morgan fingerprint density at radius 2 is 1.44 bits per heavy atom. The molecule has 1 saturated heterocycles. The molecule has 0 amide bonds. The van der Waals surface area contributed by atoms with Gasteiger partial charge in [0, 0.05) is 0 Å². The molecule has 4 atom stereocenters. The molecule has 0 radical (unpaired) electrons. The summed E-state index contributed by atoms with van der Waals surface area (Å²) in [5.41, 5.74) is 1.20. The fourth-order valence-electron chi connectivity index (χ4n) is 3.36. The zero-order chi connectivity index (χ0) is 24.3. The van der Waals surface area contributed by atoms with Gasteiger partial charge >= 0.3 is 0 Å². The summed E-state index contributed by atoms with van der Waals surface area (Å²) in [4.78, 5) is 13.0. The minimum Gasteiger partial charge on any atom is -0.409 e. The van der Waals surface area contributed by atoms with Crippen LogP contribution in [-0.2, 0) is 13.6 Å². The molecule has 10 heteroatoms. The van der Waals surface area contributed by atoms with E-state index in [-0.39, 0.29) is 28.4 Å². The molecule has 3 heterocycles. The number of ether oxygens (including phenoxy) is 1. The van der Waals surface area contributed by atoms with Crippen LogP contribution in [0.15, 0.2) is 12.7 Å². The third-order valence-electron chi connectivity index (χ3n) is 7.48. The third kappa shape index (κ3) is 4.70. The van der Waals surface area contributed by atoms with E-state index in [0.29, 0.717) is 16.3 Å². The van der Waals surface area contributed by atoms with Crippen LogP contribution in [0.2, 0.25) is 41.4 Å². The van der Waals surface area contributed by atoms with Gasteiger partial charge in [0.1, 0.15) is 24.1 Å². The molecule has 0 bridgehead atoms. The molecule has 0 aromatic carbocycles. The first-order valence-corrected chi connectivity index (χ1v) is 17.5. The molecule has 0 N–H and O–H groups in total. The normalized spacial score (nSPS) is 25.6. The number of aromatic nitrogens is 4. The van der Waals surface area contributed by atoms with E-state index < -0.39 is 22.9 Å². The van der Waals surface area contributed by atoms with Gasteiger partial charge in [-0.1, -0.05) is 53.1 Å². The summed E-state index contributed by atoms with van der Waals surface area (Å²) in [7, 11) is -4.20. The number of imidazole rings is 1. The van der Waals surface area contributed by atoms with Crippen molar-refractivity contribution in [3.05, 3.63) is 17.8 Å². The molecule has 180 valence electrons. The van der Waals surface area contributed by atoms with Crippen LogP contribution in [0.3, 0.4) is 0 Å². The highest BCUT2D eigenvalue weighted by Crippen LogP contribution is 2.46. The predicted molar refractivity (Wildman–Crippen MR) is 134 cm³/mol. The largest absolute Gasteiger partial charge is 0.409 e. The van der Waals surface area contributed by atoms with Crippen molar-refractivity contribution in [1.29, 1.82) is 0 Å². The zero-order valence-electron chi connectivity index (χ0n) is 21.4. The predicted octanol–water partition coefficient (Wildman–Crippen LogP) is 6.18. The van der Waals surface area contributed by atoms with Crippen LogP contribution in [0.1, 0.15) is 54.7 Å². The van der Waals surface area contributed by atoms with Crippen molar-refractivity contribution in [3.8, 4) is 0 Å². The Morgan fingerprint density at radius 3 is 1.97 bits per heavy atom. The Hall–Kier alpha value is -0.846. The van der Waals surface area contributed by atoms with Crippen molar-refractivity contribution in [1.82, 2.24) is 19.5 Å². The summed E-state index contributed by atoms with van der Waals surface area (Å²) in [6, 6.07) is 0. The van der Waals surface area contributed by atoms with Gasteiger partial charge in [0.2, 0.25) is 0 Å². The van der Waals surface area contributed by atoms with Crippen molar-refractivity contribution >= 4 is 39.4 Å². The van der Waals surface area contributed by atoms with Crippen LogP contribution >= 0.6 is 11.6 Å². The molecule has 1 aliphatic rings. The number of halogens is 1. The average Bonchev–Trinajstić information content (AvgIpc) is 3.16. The Balaban J connectivity index is 2.07. The number of hydrogen-bond donors (Lipinski definition) is 0.